The van der Waals surface area contributed by atoms with Gasteiger partial charge in [0.05, 0.1) is 0 Å². The maximum Gasteiger partial charge on any atom is 0.288 e. The zero-order valence-electron chi connectivity index (χ0n) is 18.9. The molecule has 0 aliphatic heterocycles. The maximum atomic E-state index is 2.43. The van der Waals surface area contributed by atoms with E-state index in [1.807, 2.05) is 0 Å². The maximum absolute atomic E-state index is 2.43. The Morgan fingerprint density at radius 2 is 0.875 bits per heavy atom. The van der Waals surface area contributed by atoms with Crippen LogP contribution in [0.3, 0.4) is 0 Å². The molecule has 24 heavy (non-hydrogen) atoms. The van der Waals surface area contributed by atoms with E-state index in [0.29, 0.717) is 0 Å². The highest BCUT2D eigenvalue weighted by Crippen LogP contribution is 2.20. The van der Waals surface area contributed by atoms with Crippen LogP contribution in [0.25, 0.3) is 0 Å². The molecule has 8 heteroatoms. The summed E-state index contributed by atoms with van der Waals surface area (Å²) in [6.07, 6.45) is 2.60. The first-order chi connectivity index (χ1) is 10.9. The zero-order valence-corrected chi connectivity index (χ0v) is 21.0. The molecule has 0 radical (unpaired) electrons. The molecule has 0 spiro atoms. The second kappa shape index (κ2) is 12.5. The van der Waals surface area contributed by atoms with E-state index in [0.717, 1.165) is 0 Å². The van der Waals surface area contributed by atoms with Gasteiger partial charge in [0.15, 0.2) is 0 Å². The lowest BCUT2D eigenvalue weighted by molar-refractivity contribution is 0.373. The fourth-order valence-corrected chi connectivity index (χ4v) is 11.0. The van der Waals surface area contributed by atoms with Crippen LogP contribution in [0.2, 0.25) is 6.04 Å². The molecular weight excluding hydrogens is 332 g/mol. The highest BCUT2D eigenvalue weighted by molar-refractivity contribution is 6.71. The van der Waals surface area contributed by atoms with Crippen LogP contribution in [0.4, 0.5) is 0 Å². The smallest absolute Gasteiger partial charge is 0.288 e. The van der Waals surface area contributed by atoms with Crippen molar-refractivity contribution in [1.82, 2.24) is 27.4 Å². The van der Waals surface area contributed by atoms with Crippen LogP contribution in [0.15, 0.2) is 0 Å². The summed E-state index contributed by atoms with van der Waals surface area (Å²) < 4.78 is 14.2. The van der Waals surface area contributed by atoms with Crippen molar-refractivity contribution in [3.05, 3.63) is 0 Å². The van der Waals surface area contributed by atoms with E-state index >= 15 is 0 Å². The van der Waals surface area contributed by atoms with Crippen LogP contribution in [-0.2, 0) is 0 Å². The van der Waals surface area contributed by atoms with Gasteiger partial charge in [-0.15, -0.1) is 0 Å². The summed E-state index contributed by atoms with van der Waals surface area (Å²) in [7, 11) is 23.6. The van der Waals surface area contributed by atoms with E-state index < -0.39 is 17.8 Å². The lowest BCUT2D eigenvalue weighted by Gasteiger charge is -2.46. The van der Waals surface area contributed by atoms with E-state index in [2.05, 4.69) is 119 Å². The Bertz CT molecular complexity index is 268. The molecule has 6 nitrogen and oxygen atoms in total. The molecule has 0 unspecified atom stereocenters. The number of rotatable bonds is 9. The van der Waals surface area contributed by atoms with Gasteiger partial charge in [-0.1, -0.05) is 19.8 Å². The molecule has 0 atom stereocenters. The van der Waals surface area contributed by atoms with Crippen LogP contribution in [0.1, 0.15) is 19.8 Å². The molecule has 0 N–H and O–H groups in total. The fraction of sp³-hybridized carbons (Fsp3) is 1.00. The minimum absolute atomic E-state index is 0.954. The first-order valence-corrected chi connectivity index (χ1v) is 12.5. The Morgan fingerprint density at radius 3 is 1.00 bits per heavy atom. The summed E-state index contributed by atoms with van der Waals surface area (Å²) >= 11 is 0. The van der Waals surface area contributed by atoms with Gasteiger partial charge < -0.3 is 27.4 Å². The molecule has 0 saturated heterocycles. The predicted molar refractivity (Wildman–Crippen MR) is 115 cm³/mol. The van der Waals surface area contributed by atoms with Gasteiger partial charge in [-0.3, -0.25) is 0 Å². The van der Waals surface area contributed by atoms with Gasteiger partial charge in [-0.2, -0.15) is 0 Å². The summed E-state index contributed by atoms with van der Waals surface area (Å²) in [4.78, 5) is 0. The van der Waals surface area contributed by atoms with Crippen molar-refractivity contribution in [3.63, 3.8) is 0 Å². The molecule has 148 valence electrons. The molecule has 0 saturated carbocycles. The topological polar surface area (TPSA) is 19.4 Å². The minimum Gasteiger partial charge on any atom is -0.308 e. The van der Waals surface area contributed by atoms with Gasteiger partial charge in [-0.25, -0.2) is 0 Å². The fourth-order valence-electron chi connectivity index (χ4n) is 3.67. The predicted octanol–water partition coefficient (Wildman–Crippen LogP) is 0.799. The first-order valence-electron chi connectivity index (χ1n) is 8.87. The quantitative estimate of drug-likeness (QED) is 0.549. The number of unbranched alkanes of at least 4 members (excludes halogenated alkanes) is 1. The molecule has 0 rings (SSSR count). The third-order valence-corrected chi connectivity index (χ3v) is 12.5. The third kappa shape index (κ3) is 8.05. The van der Waals surface area contributed by atoms with Crippen molar-refractivity contribution in [3.8, 4) is 0 Å². The normalized spacial score (nSPS) is 13.0. The summed E-state index contributed by atoms with van der Waals surface area (Å²) in [6, 6.07) is 1.32. The van der Waals surface area contributed by atoms with Crippen molar-refractivity contribution < 1.29 is 0 Å². The summed E-state index contributed by atoms with van der Waals surface area (Å²) in [5.41, 5.74) is 0. The largest absolute Gasteiger partial charge is 0.308 e. The van der Waals surface area contributed by atoms with Crippen LogP contribution < -0.4 is 0 Å². The molecule has 0 amide bonds. The van der Waals surface area contributed by atoms with Gasteiger partial charge in [0.2, 0.25) is 0 Å². The second-order valence-corrected chi connectivity index (χ2v) is 16.3. The third-order valence-electron chi connectivity index (χ3n) is 4.40. The Hall–Kier alpha value is 0.194. The Morgan fingerprint density at radius 1 is 0.583 bits per heavy atom. The summed E-state index contributed by atoms with van der Waals surface area (Å²) in [5, 5.41) is 0. The van der Waals surface area contributed by atoms with E-state index in [1.165, 1.54) is 18.9 Å². The van der Waals surface area contributed by atoms with Crippen LogP contribution in [0, 0.1) is 0 Å². The number of hydrogen-bond acceptors (Lipinski definition) is 6. The Balaban J connectivity index is 0. The number of nitrogens with zero attached hydrogens (tertiary/aromatic N) is 6. The standard InChI is InChI=1S/C10H27N3Si.C6H19N3Si/c1-8-9-10-14(11(2)3,12(4)5)13(6)7;1-7(2)10(8(3)4)9(5)6/h8-10H2,1-7H3;10H,1-6H3. The summed E-state index contributed by atoms with van der Waals surface area (Å²) in [6.45, 7) is 2.26. The van der Waals surface area contributed by atoms with E-state index in [1.54, 1.807) is 0 Å². The van der Waals surface area contributed by atoms with Gasteiger partial charge >= 0.3 is 0 Å². The average Bonchev–Trinajstić information content (AvgIpc) is 2.37. The van der Waals surface area contributed by atoms with E-state index in [9.17, 15) is 0 Å². The van der Waals surface area contributed by atoms with Crippen molar-refractivity contribution >= 4 is 17.8 Å². The molecule has 0 fully saturated rings. The van der Waals surface area contributed by atoms with Crippen molar-refractivity contribution in [2.24, 2.45) is 0 Å². The highest BCUT2D eigenvalue weighted by Gasteiger charge is 2.41. The van der Waals surface area contributed by atoms with E-state index in [4.69, 9.17) is 0 Å². The van der Waals surface area contributed by atoms with Crippen molar-refractivity contribution in [1.29, 1.82) is 0 Å². The van der Waals surface area contributed by atoms with Crippen molar-refractivity contribution in [2.75, 3.05) is 84.6 Å². The Labute approximate surface area is 156 Å². The molecule has 0 aliphatic rings. The molecule has 0 aromatic heterocycles. The Kier molecular flexibility index (Phi) is 13.8. The lowest BCUT2D eigenvalue weighted by atomic mass is 10.4. The second-order valence-electron chi connectivity index (χ2n) is 7.80. The SMILES string of the molecule is CCCC[Si](N(C)C)(N(C)C)N(C)C.CN(C)[SiH](N(C)C)N(C)C. The van der Waals surface area contributed by atoms with E-state index in [-0.39, 0.29) is 0 Å². The van der Waals surface area contributed by atoms with Crippen molar-refractivity contribution in [2.45, 2.75) is 25.8 Å². The first kappa shape index (κ1) is 26.4. The summed E-state index contributed by atoms with van der Waals surface area (Å²) in [5.74, 6) is 0. The monoisotopic (exact) mass is 378 g/mol. The molecule has 0 heterocycles. The van der Waals surface area contributed by atoms with Gasteiger partial charge in [-0.05, 0) is 90.6 Å². The zero-order chi connectivity index (χ0) is 19.7. The van der Waals surface area contributed by atoms with Gasteiger partial charge in [0.1, 0.15) is 0 Å². The minimum atomic E-state index is -1.55. The molecular formula is C16H46N6Si2. The van der Waals surface area contributed by atoms with Gasteiger partial charge in [0, 0.05) is 0 Å². The average molecular weight is 379 g/mol. The molecule has 0 aromatic rings. The number of hydrogen-bond donors (Lipinski definition) is 0. The molecule has 0 aliphatic carbocycles. The van der Waals surface area contributed by atoms with Crippen LogP contribution in [-0.4, -0.2) is 130 Å². The highest BCUT2D eigenvalue weighted by atomic mass is 28.4. The van der Waals surface area contributed by atoms with Crippen LogP contribution >= 0.6 is 0 Å². The lowest BCUT2D eigenvalue weighted by Crippen LogP contribution is -2.69. The molecule has 0 aromatic carbocycles. The van der Waals surface area contributed by atoms with Gasteiger partial charge in [0.25, 0.3) is 17.8 Å². The molecule has 0 bridgehead atoms. The van der Waals surface area contributed by atoms with Crippen LogP contribution in [0.5, 0.6) is 0 Å².